The van der Waals surface area contributed by atoms with E-state index in [1.54, 1.807) is 61.2 Å². The Morgan fingerprint density at radius 3 is 1.50 bits per heavy atom. The van der Waals surface area contributed by atoms with Gasteiger partial charge in [-0.25, -0.2) is 19.9 Å². The topological polar surface area (TPSA) is 171 Å². The molecule has 0 aromatic carbocycles. The maximum absolute atomic E-state index is 11.1. The van der Waals surface area contributed by atoms with Gasteiger partial charge in [0.05, 0.1) is 33.4 Å². The predicted octanol–water partition coefficient (Wildman–Crippen LogP) is 6.05. The normalized spacial score (nSPS) is 10.2. The van der Waals surface area contributed by atoms with Crippen LogP contribution in [0.1, 0.15) is 0 Å². The predicted molar refractivity (Wildman–Crippen MR) is 161 cm³/mol. The second-order valence-electron chi connectivity index (χ2n) is 8.57. The molecule has 42 heavy (non-hydrogen) atoms. The van der Waals surface area contributed by atoms with Crippen molar-refractivity contribution in [1.29, 1.82) is 0 Å². The summed E-state index contributed by atoms with van der Waals surface area (Å²) in [7, 11) is 0. The number of nitrogens with one attached hydrogen (secondary N) is 2. The van der Waals surface area contributed by atoms with Gasteiger partial charge in [-0.3, -0.25) is 20.1 Å². The summed E-state index contributed by atoms with van der Waals surface area (Å²) in [6, 6.07) is 28.6. The summed E-state index contributed by atoms with van der Waals surface area (Å²) in [6.07, 6.45) is 6.68. The minimum Gasteiger partial charge on any atom is -0.396 e. The smallest absolute Gasteiger partial charge is 0.311 e. The molecule has 12 heteroatoms. The van der Waals surface area contributed by atoms with Crippen molar-refractivity contribution in [3.05, 3.63) is 132 Å². The van der Waals surface area contributed by atoms with Crippen LogP contribution in [0.2, 0.25) is 0 Å². The lowest BCUT2D eigenvalue weighted by atomic mass is 10.2. The monoisotopic (exact) mass is 556 g/mol. The van der Waals surface area contributed by atoms with Gasteiger partial charge in [-0.2, -0.15) is 0 Å². The lowest BCUT2D eigenvalue weighted by Crippen LogP contribution is -2.02. The van der Waals surface area contributed by atoms with E-state index < -0.39 is 4.92 Å². The third-order valence-corrected chi connectivity index (χ3v) is 5.67. The summed E-state index contributed by atoms with van der Waals surface area (Å²) >= 11 is 0. The lowest BCUT2D eigenvalue weighted by Gasteiger charge is -2.09. The summed E-state index contributed by atoms with van der Waals surface area (Å²) in [4.78, 5) is 36.2. The fourth-order valence-corrected chi connectivity index (χ4v) is 3.69. The minimum absolute atomic E-state index is 0.120. The van der Waals surface area contributed by atoms with E-state index in [4.69, 9.17) is 5.73 Å². The van der Waals surface area contributed by atoms with Crippen molar-refractivity contribution in [2.45, 2.75) is 0 Å². The van der Waals surface area contributed by atoms with Crippen LogP contribution in [0.3, 0.4) is 0 Å². The molecule has 6 heterocycles. The van der Waals surface area contributed by atoms with Crippen LogP contribution in [0.25, 0.3) is 22.8 Å². The van der Waals surface area contributed by atoms with Crippen molar-refractivity contribution in [2.75, 3.05) is 16.4 Å². The van der Waals surface area contributed by atoms with Gasteiger partial charge in [-0.1, -0.05) is 24.3 Å². The van der Waals surface area contributed by atoms with E-state index in [-0.39, 0.29) is 11.5 Å². The molecule has 0 atom stereocenters. The van der Waals surface area contributed by atoms with Gasteiger partial charge in [0.25, 0.3) is 0 Å². The number of nitrogen functional groups attached to an aromatic ring is 1. The largest absolute Gasteiger partial charge is 0.396 e. The van der Waals surface area contributed by atoms with E-state index in [2.05, 4.69) is 40.5 Å². The number of nitrogens with two attached hydrogens (primary N) is 1. The van der Waals surface area contributed by atoms with Crippen LogP contribution in [-0.4, -0.2) is 34.8 Å². The zero-order chi connectivity index (χ0) is 29.1. The van der Waals surface area contributed by atoms with Crippen LogP contribution in [0.15, 0.2) is 122 Å². The molecule has 0 aliphatic carbocycles. The van der Waals surface area contributed by atoms with Gasteiger partial charge in [-0.05, 0) is 66.7 Å². The molecule has 4 N–H and O–H groups in total. The molecule has 6 aromatic rings. The van der Waals surface area contributed by atoms with Gasteiger partial charge in [0.2, 0.25) is 5.82 Å². The quantitative estimate of drug-likeness (QED) is 0.154. The summed E-state index contributed by atoms with van der Waals surface area (Å²) in [5.41, 5.74) is 9.14. The van der Waals surface area contributed by atoms with Crippen molar-refractivity contribution in [1.82, 2.24) is 29.9 Å². The zero-order valence-corrected chi connectivity index (χ0v) is 22.1. The first kappa shape index (κ1) is 27.3. The van der Waals surface area contributed by atoms with Crippen molar-refractivity contribution < 1.29 is 4.92 Å². The third kappa shape index (κ3) is 7.01. The van der Waals surface area contributed by atoms with E-state index in [0.29, 0.717) is 34.5 Å². The molecule has 0 aliphatic rings. The van der Waals surface area contributed by atoms with Crippen molar-refractivity contribution >= 4 is 34.6 Å². The molecular weight excluding hydrogens is 532 g/mol. The Balaban J connectivity index is 0.000000169. The Hall–Kier alpha value is -6.30. The van der Waals surface area contributed by atoms with Crippen molar-refractivity contribution in [3.8, 4) is 22.8 Å². The highest BCUT2D eigenvalue weighted by molar-refractivity contribution is 5.71. The highest BCUT2D eigenvalue weighted by atomic mass is 16.6. The first-order valence-electron chi connectivity index (χ1n) is 12.7. The summed E-state index contributed by atoms with van der Waals surface area (Å²) in [6.45, 7) is 0. The van der Waals surface area contributed by atoms with Crippen molar-refractivity contribution in [2.24, 2.45) is 0 Å². The molecule has 0 saturated heterocycles. The molecule has 6 rings (SSSR count). The lowest BCUT2D eigenvalue weighted by molar-refractivity contribution is -0.384. The fourth-order valence-electron chi connectivity index (χ4n) is 3.69. The van der Waals surface area contributed by atoms with E-state index >= 15 is 0 Å². The number of nitro groups is 1. The van der Waals surface area contributed by atoms with E-state index in [9.17, 15) is 10.1 Å². The number of hydrogen-bond donors (Lipinski definition) is 3. The summed E-state index contributed by atoms with van der Waals surface area (Å²) < 4.78 is 0. The van der Waals surface area contributed by atoms with Crippen LogP contribution in [-0.2, 0) is 0 Å². The Morgan fingerprint density at radius 1 is 0.548 bits per heavy atom. The number of pyridine rings is 6. The van der Waals surface area contributed by atoms with Crippen LogP contribution < -0.4 is 16.4 Å². The van der Waals surface area contributed by atoms with Crippen LogP contribution >= 0.6 is 0 Å². The fraction of sp³-hybridized carbons (Fsp3) is 0. The van der Waals surface area contributed by atoms with Crippen LogP contribution in [0, 0.1) is 10.1 Å². The number of aromatic nitrogens is 6. The molecule has 0 radical (unpaired) electrons. The Kier molecular flexibility index (Phi) is 8.55. The molecule has 0 bridgehead atoms. The molecule has 0 unspecified atom stereocenters. The second kappa shape index (κ2) is 13.2. The Morgan fingerprint density at radius 2 is 1.02 bits per heavy atom. The molecule has 0 amide bonds. The van der Waals surface area contributed by atoms with Crippen molar-refractivity contribution in [3.63, 3.8) is 0 Å². The first-order valence-corrected chi connectivity index (χ1v) is 12.7. The molecule has 206 valence electrons. The van der Waals surface area contributed by atoms with Gasteiger partial charge in [0.15, 0.2) is 5.82 Å². The van der Waals surface area contributed by atoms with E-state index in [0.717, 1.165) is 11.4 Å². The number of anilines is 5. The molecule has 0 aliphatic heterocycles. The standard InChI is InChI=1S/C15H11N5O2.C15H13N5/c21-20(22)13-8-7-12(11-5-1-3-9-16-11)18-15(13)19-14-6-2-4-10-17-14;16-11-7-8-13(12-5-1-3-9-17-12)19-15(11)20-14-6-2-4-10-18-14/h1-10H,(H,17,18,19);1-10H,16H2,(H,18,19,20). The Bertz CT molecular complexity index is 1760. The Labute approximate surface area is 240 Å². The molecule has 12 nitrogen and oxygen atoms in total. The van der Waals surface area contributed by atoms with Crippen LogP contribution in [0.4, 0.5) is 34.6 Å². The minimum atomic E-state index is -0.486. The highest BCUT2D eigenvalue weighted by Gasteiger charge is 2.17. The molecular formula is C30H24N10O2. The average Bonchev–Trinajstić information content (AvgIpc) is 3.04. The van der Waals surface area contributed by atoms with E-state index in [1.807, 2.05) is 54.6 Å². The number of rotatable bonds is 7. The van der Waals surface area contributed by atoms with Gasteiger partial charge in [0.1, 0.15) is 11.6 Å². The molecule has 0 saturated carbocycles. The van der Waals surface area contributed by atoms with Crippen LogP contribution in [0.5, 0.6) is 0 Å². The molecule has 0 fully saturated rings. The van der Waals surface area contributed by atoms with Gasteiger partial charge in [-0.15, -0.1) is 0 Å². The van der Waals surface area contributed by atoms with Gasteiger partial charge in [0, 0.05) is 30.9 Å². The molecule has 6 aromatic heterocycles. The number of hydrogen-bond acceptors (Lipinski definition) is 11. The summed E-state index contributed by atoms with van der Waals surface area (Å²) in [5, 5.41) is 17.1. The first-order chi connectivity index (χ1) is 20.6. The maximum Gasteiger partial charge on any atom is 0.311 e. The highest BCUT2D eigenvalue weighted by Crippen LogP contribution is 2.28. The zero-order valence-electron chi connectivity index (χ0n) is 22.1. The summed E-state index contributed by atoms with van der Waals surface area (Å²) in [5.74, 6) is 1.89. The van der Waals surface area contributed by atoms with Gasteiger partial charge >= 0.3 is 5.69 Å². The molecule has 0 spiro atoms. The van der Waals surface area contributed by atoms with Gasteiger partial charge < -0.3 is 16.4 Å². The average molecular weight is 557 g/mol. The maximum atomic E-state index is 11.1. The number of nitrogens with zero attached hydrogens (tertiary/aromatic N) is 7. The second-order valence-corrected chi connectivity index (χ2v) is 8.57. The SMILES string of the molecule is Nc1ccc(-c2ccccn2)nc1Nc1ccccn1.O=[N+]([O-])c1ccc(-c2ccccn2)nc1Nc1ccccn1. The van der Waals surface area contributed by atoms with E-state index in [1.165, 1.54) is 6.07 Å². The third-order valence-electron chi connectivity index (χ3n) is 5.67.